The fourth-order valence-electron chi connectivity index (χ4n) is 5.23. The number of anilines is 2. The highest BCUT2D eigenvalue weighted by Gasteiger charge is 2.35. The third-order valence-electron chi connectivity index (χ3n) is 7.20. The van der Waals surface area contributed by atoms with Gasteiger partial charge in [0.1, 0.15) is 0 Å². The van der Waals surface area contributed by atoms with Crippen molar-refractivity contribution in [1.29, 1.82) is 0 Å². The lowest BCUT2D eigenvalue weighted by molar-refractivity contribution is 0.0979. The predicted octanol–water partition coefficient (Wildman–Crippen LogP) is 1.79. The topological polar surface area (TPSA) is 88.7 Å². The van der Waals surface area contributed by atoms with E-state index in [-0.39, 0.29) is 23.9 Å². The minimum absolute atomic E-state index is 0.0462. The van der Waals surface area contributed by atoms with E-state index in [4.69, 9.17) is 0 Å². The molecule has 0 saturated carbocycles. The van der Waals surface area contributed by atoms with E-state index in [1.165, 1.54) is 0 Å². The van der Waals surface area contributed by atoms with Crippen LogP contribution < -0.4 is 21.3 Å². The molecule has 5 rings (SSSR count). The first-order chi connectivity index (χ1) is 16.5. The van der Waals surface area contributed by atoms with Crippen LogP contribution in [0.4, 0.5) is 11.4 Å². The van der Waals surface area contributed by atoms with Gasteiger partial charge >= 0.3 is 0 Å². The Hall–Kier alpha value is -2.78. The Kier molecular flexibility index (Phi) is 6.65. The van der Waals surface area contributed by atoms with Crippen LogP contribution in [0.2, 0.25) is 0 Å². The van der Waals surface area contributed by atoms with Gasteiger partial charge in [-0.2, -0.15) is 0 Å². The maximum atomic E-state index is 13.7. The first kappa shape index (κ1) is 23.0. The molecule has 180 valence electrons. The summed E-state index contributed by atoms with van der Waals surface area (Å²) in [5, 5.41) is 13.8. The number of nitrogens with zero attached hydrogens (tertiary/aromatic N) is 2. The number of carbonyl (C=O) groups is 2. The second-order valence-corrected chi connectivity index (χ2v) is 9.33. The molecule has 2 aromatic carbocycles. The summed E-state index contributed by atoms with van der Waals surface area (Å²) in [6.45, 7) is 11.8. The first-order valence-electron chi connectivity index (χ1n) is 12.3. The van der Waals surface area contributed by atoms with Crippen molar-refractivity contribution < 1.29 is 9.59 Å². The molecular weight excluding hydrogens is 428 g/mol. The third kappa shape index (κ3) is 4.34. The number of ketones is 2. The monoisotopic (exact) mass is 462 g/mol. The van der Waals surface area contributed by atoms with Crippen LogP contribution in [0, 0.1) is 0 Å². The van der Waals surface area contributed by atoms with E-state index in [9.17, 15) is 9.59 Å². The van der Waals surface area contributed by atoms with Crippen molar-refractivity contribution in [3.05, 3.63) is 58.7 Å². The smallest absolute Gasteiger partial charge is 0.196 e. The number of benzene rings is 2. The van der Waals surface area contributed by atoms with Crippen molar-refractivity contribution in [1.82, 2.24) is 20.4 Å². The molecule has 0 radical (unpaired) electrons. The van der Waals surface area contributed by atoms with E-state index in [0.29, 0.717) is 33.6 Å². The van der Waals surface area contributed by atoms with Crippen LogP contribution in [-0.2, 0) is 0 Å². The van der Waals surface area contributed by atoms with Gasteiger partial charge in [-0.05, 0) is 26.0 Å². The molecular formula is C26H34N6O2. The van der Waals surface area contributed by atoms with E-state index in [0.717, 1.165) is 52.4 Å². The molecule has 2 atom stereocenters. The number of piperazine rings is 2. The molecule has 2 saturated heterocycles. The lowest BCUT2D eigenvalue weighted by Crippen LogP contribution is -2.50. The first-order valence-corrected chi connectivity index (χ1v) is 12.3. The van der Waals surface area contributed by atoms with Crippen LogP contribution >= 0.6 is 0 Å². The van der Waals surface area contributed by atoms with Gasteiger partial charge in [0.05, 0.1) is 23.5 Å². The average Bonchev–Trinajstić information content (AvgIpc) is 2.89. The zero-order valence-corrected chi connectivity index (χ0v) is 20.0. The van der Waals surface area contributed by atoms with Crippen LogP contribution in [0.25, 0.3) is 0 Å². The van der Waals surface area contributed by atoms with Crippen LogP contribution in [0.5, 0.6) is 0 Å². The Morgan fingerprint density at radius 3 is 1.44 bits per heavy atom. The van der Waals surface area contributed by atoms with E-state index >= 15 is 0 Å². The second-order valence-electron chi connectivity index (χ2n) is 9.33. The Morgan fingerprint density at radius 1 is 0.676 bits per heavy atom. The normalized spacial score (nSPS) is 20.9. The molecule has 8 nitrogen and oxygen atoms in total. The fourth-order valence-corrected chi connectivity index (χ4v) is 5.23. The summed E-state index contributed by atoms with van der Waals surface area (Å²) in [7, 11) is 0. The second kappa shape index (κ2) is 9.84. The lowest BCUT2D eigenvalue weighted by atomic mass is 9.82. The maximum absolute atomic E-state index is 13.7. The fraction of sp³-hybridized carbons (Fsp3) is 0.462. The molecule has 8 heteroatoms. The molecule has 0 bridgehead atoms. The maximum Gasteiger partial charge on any atom is 0.196 e. The number of nitrogens with one attached hydrogen (secondary N) is 4. The molecule has 1 aliphatic carbocycles. The van der Waals surface area contributed by atoms with Gasteiger partial charge in [-0.1, -0.05) is 24.3 Å². The van der Waals surface area contributed by atoms with E-state index < -0.39 is 0 Å². The summed E-state index contributed by atoms with van der Waals surface area (Å²) in [5.41, 5.74) is 3.34. The number of fused-ring (bicyclic) bond motifs is 2. The molecule has 2 fully saturated rings. The van der Waals surface area contributed by atoms with E-state index in [2.05, 4.69) is 44.9 Å². The van der Waals surface area contributed by atoms with Gasteiger partial charge in [-0.15, -0.1) is 0 Å². The minimum Gasteiger partial charge on any atom is -0.369 e. The molecule has 2 aliphatic heterocycles. The van der Waals surface area contributed by atoms with Gasteiger partial charge < -0.3 is 21.3 Å². The Bertz CT molecular complexity index is 991. The quantitative estimate of drug-likeness (QED) is 0.441. The Balaban J connectivity index is 1.51. The van der Waals surface area contributed by atoms with Gasteiger partial charge in [0.25, 0.3) is 0 Å². The standard InChI is InChI=1S/C26H34N6O2/c1-17(31-13-9-27-10-14-31)29-21-7-8-22(30-18(2)32-15-11-28-12-16-32)24-23(21)25(33)19-5-3-4-6-20(19)26(24)34/h3-8,17-18,27-30H,9-16H2,1-2H3. The molecule has 0 spiro atoms. The zero-order valence-electron chi connectivity index (χ0n) is 20.0. The van der Waals surface area contributed by atoms with Crippen molar-refractivity contribution >= 4 is 22.9 Å². The van der Waals surface area contributed by atoms with Crippen molar-refractivity contribution in [3.63, 3.8) is 0 Å². The highest BCUT2D eigenvalue weighted by atomic mass is 16.1. The van der Waals surface area contributed by atoms with Crippen molar-refractivity contribution in [2.75, 3.05) is 63.0 Å². The largest absolute Gasteiger partial charge is 0.369 e. The van der Waals surface area contributed by atoms with E-state index in [1.54, 1.807) is 12.1 Å². The SMILES string of the molecule is CC(Nc1ccc(NC(C)N2CCNCC2)c2c1C(=O)c1ccccc1C2=O)N1CCNCC1. The summed E-state index contributed by atoms with van der Waals surface area (Å²) in [6.07, 6.45) is 0.0923. The van der Waals surface area contributed by atoms with Crippen molar-refractivity contribution in [2.24, 2.45) is 0 Å². The summed E-state index contributed by atoms with van der Waals surface area (Å²) in [5.74, 6) is -0.197. The van der Waals surface area contributed by atoms with Crippen LogP contribution in [0.1, 0.15) is 45.7 Å². The molecule has 4 N–H and O–H groups in total. The average molecular weight is 463 g/mol. The van der Waals surface area contributed by atoms with Crippen LogP contribution in [0.3, 0.4) is 0 Å². The van der Waals surface area contributed by atoms with E-state index in [1.807, 2.05) is 24.3 Å². The predicted molar refractivity (Wildman–Crippen MR) is 135 cm³/mol. The van der Waals surface area contributed by atoms with Gasteiger partial charge in [0.15, 0.2) is 11.6 Å². The zero-order chi connectivity index (χ0) is 23.7. The number of rotatable bonds is 6. The number of hydrogen-bond acceptors (Lipinski definition) is 8. The molecule has 0 aromatic heterocycles. The molecule has 0 amide bonds. The summed E-state index contributed by atoms with van der Waals surface area (Å²) in [4.78, 5) is 32.1. The molecule has 2 heterocycles. The lowest BCUT2D eigenvalue weighted by Gasteiger charge is -2.36. The van der Waals surface area contributed by atoms with Crippen LogP contribution in [0.15, 0.2) is 36.4 Å². The molecule has 34 heavy (non-hydrogen) atoms. The molecule has 2 aromatic rings. The number of carbonyl (C=O) groups excluding carboxylic acids is 2. The Morgan fingerprint density at radius 2 is 1.06 bits per heavy atom. The molecule has 2 unspecified atom stereocenters. The highest BCUT2D eigenvalue weighted by Crippen LogP contribution is 2.37. The number of hydrogen-bond donors (Lipinski definition) is 4. The summed E-state index contributed by atoms with van der Waals surface area (Å²) < 4.78 is 0. The van der Waals surface area contributed by atoms with Crippen molar-refractivity contribution in [3.8, 4) is 0 Å². The van der Waals surface area contributed by atoms with Gasteiger partial charge in [0.2, 0.25) is 0 Å². The minimum atomic E-state index is -0.0984. The van der Waals surface area contributed by atoms with Gasteiger partial charge in [0, 0.05) is 74.9 Å². The van der Waals surface area contributed by atoms with Gasteiger partial charge in [-0.25, -0.2) is 0 Å². The third-order valence-corrected chi connectivity index (χ3v) is 7.20. The van der Waals surface area contributed by atoms with Crippen LogP contribution in [-0.4, -0.2) is 86.1 Å². The summed E-state index contributed by atoms with van der Waals surface area (Å²) in [6, 6.07) is 11.0. The highest BCUT2D eigenvalue weighted by molar-refractivity contribution is 6.31. The Labute approximate surface area is 201 Å². The molecule has 3 aliphatic rings. The van der Waals surface area contributed by atoms with Crippen molar-refractivity contribution in [2.45, 2.75) is 26.2 Å². The summed E-state index contributed by atoms with van der Waals surface area (Å²) >= 11 is 0. The van der Waals surface area contributed by atoms with Gasteiger partial charge in [-0.3, -0.25) is 19.4 Å².